The van der Waals surface area contributed by atoms with Gasteiger partial charge in [0.05, 0.1) is 5.56 Å². The number of carboxylic acids is 1. The second kappa shape index (κ2) is 5.82. The van der Waals surface area contributed by atoms with Crippen molar-refractivity contribution in [2.45, 2.75) is 12.8 Å². The second-order valence-corrected chi connectivity index (χ2v) is 4.17. The number of hydrogen-bond donors (Lipinski definition) is 1. The quantitative estimate of drug-likeness (QED) is 0.940. The van der Waals surface area contributed by atoms with Gasteiger partial charge in [0.2, 0.25) is 0 Å². The highest BCUT2D eigenvalue weighted by molar-refractivity contribution is 5.85. The Balaban J connectivity index is 2.04. The molecule has 1 N–H and O–H groups in total. The molecule has 4 nitrogen and oxygen atoms in total. The topological polar surface area (TPSA) is 59.4 Å². The predicted molar refractivity (Wildman–Crippen MR) is 67.0 cm³/mol. The Labute approximate surface area is 117 Å². The first-order chi connectivity index (χ1) is 9.86. The van der Waals surface area contributed by atoms with E-state index in [9.17, 15) is 18.0 Å². The van der Waals surface area contributed by atoms with Crippen LogP contribution in [-0.2, 0) is 12.8 Å². The maximum absolute atomic E-state index is 12.5. The highest BCUT2D eigenvalue weighted by atomic mass is 19.4. The number of hydrogen-bond acceptors (Lipinski definition) is 3. The van der Waals surface area contributed by atoms with Crippen LogP contribution in [-0.4, -0.2) is 16.1 Å². The van der Waals surface area contributed by atoms with E-state index < -0.39 is 17.7 Å². The number of aromatic carboxylic acids is 1. The van der Waals surface area contributed by atoms with Gasteiger partial charge in [-0.2, -0.15) is 13.2 Å². The third-order valence-electron chi connectivity index (χ3n) is 2.61. The molecular weight excluding hydrogens is 287 g/mol. The summed E-state index contributed by atoms with van der Waals surface area (Å²) >= 11 is 0. The largest absolute Gasteiger partial charge is 0.489 e. The summed E-state index contributed by atoms with van der Waals surface area (Å²) in [7, 11) is 0. The summed E-state index contributed by atoms with van der Waals surface area (Å²) in [6.07, 6.45) is -3.12. The van der Waals surface area contributed by atoms with Gasteiger partial charge in [-0.1, -0.05) is 12.1 Å². The van der Waals surface area contributed by atoms with E-state index >= 15 is 0 Å². The fraction of sp³-hybridized carbons (Fsp3) is 0.143. The molecule has 0 aliphatic rings. The summed E-state index contributed by atoms with van der Waals surface area (Å²) in [5, 5.41) is 8.69. The first-order valence-electron chi connectivity index (χ1n) is 5.84. The number of halogens is 3. The predicted octanol–water partition coefficient (Wildman–Crippen LogP) is 3.38. The van der Waals surface area contributed by atoms with E-state index in [0.29, 0.717) is 5.56 Å². The van der Waals surface area contributed by atoms with E-state index in [1.807, 2.05) is 0 Å². The Morgan fingerprint density at radius 1 is 1.24 bits per heavy atom. The molecule has 0 atom stereocenters. The van der Waals surface area contributed by atoms with Crippen molar-refractivity contribution in [2.24, 2.45) is 0 Å². The normalized spacial score (nSPS) is 11.2. The molecule has 0 radical (unpaired) electrons. The number of alkyl halides is 3. The van der Waals surface area contributed by atoms with E-state index in [4.69, 9.17) is 9.84 Å². The summed E-state index contributed by atoms with van der Waals surface area (Å²) < 4.78 is 42.8. The molecule has 21 heavy (non-hydrogen) atoms. The van der Waals surface area contributed by atoms with Gasteiger partial charge in [-0.25, -0.2) is 9.78 Å². The highest BCUT2D eigenvalue weighted by Crippen LogP contribution is 2.31. The van der Waals surface area contributed by atoms with Gasteiger partial charge in [0.25, 0.3) is 0 Å². The van der Waals surface area contributed by atoms with Crippen LogP contribution < -0.4 is 4.74 Å². The number of benzene rings is 1. The lowest BCUT2D eigenvalue weighted by Crippen LogP contribution is -2.05. The Bertz CT molecular complexity index is 639. The van der Waals surface area contributed by atoms with Crippen molar-refractivity contribution in [1.29, 1.82) is 0 Å². The van der Waals surface area contributed by atoms with Gasteiger partial charge in [0.1, 0.15) is 18.1 Å². The van der Waals surface area contributed by atoms with E-state index in [2.05, 4.69) is 4.98 Å². The zero-order valence-corrected chi connectivity index (χ0v) is 10.6. The molecular formula is C14H10F3NO3. The van der Waals surface area contributed by atoms with Crippen LogP contribution in [0.2, 0.25) is 0 Å². The summed E-state index contributed by atoms with van der Waals surface area (Å²) in [5.41, 5.74) is -0.352. The number of carboxylic acid groups (broad SMARTS) is 1. The minimum absolute atomic E-state index is 0.00574. The fourth-order valence-corrected chi connectivity index (χ4v) is 1.57. The Kier molecular flexibility index (Phi) is 4.11. The number of carbonyl (C=O) groups is 1. The maximum Gasteiger partial charge on any atom is 0.416 e. The molecule has 1 heterocycles. The molecule has 0 spiro atoms. The molecule has 0 saturated carbocycles. The SMILES string of the molecule is O=C(O)c1ccc(COc2cccc(C(F)(F)F)c2)cn1. The number of aromatic nitrogens is 1. The van der Waals surface area contributed by atoms with Crippen LogP contribution in [0.25, 0.3) is 0 Å². The van der Waals surface area contributed by atoms with Gasteiger partial charge in [-0.15, -0.1) is 0 Å². The first-order valence-corrected chi connectivity index (χ1v) is 5.84. The molecule has 0 aliphatic carbocycles. The minimum atomic E-state index is -4.43. The Morgan fingerprint density at radius 2 is 2.00 bits per heavy atom. The van der Waals surface area contributed by atoms with E-state index in [1.165, 1.54) is 30.5 Å². The lowest BCUT2D eigenvalue weighted by atomic mass is 10.2. The van der Waals surface area contributed by atoms with Crippen LogP contribution in [0.5, 0.6) is 5.75 Å². The lowest BCUT2D eigenvalue weighted by Gasteiger charge is -2.10. The van der Waals surface area contributed by atoms with Crippen molar-refractivity contribution in [3.05, 3.63) is 59.4 Å². The zero-order chi connectivity index (χ0) is 15.5. The molecule has 0 bridgehead atoms. The summed E-state index contributed by atoms with van der Waals surface area (Å²) in [6, 6.07) is 7.31. The molecule has 7 heteroatoms. The van der Waals surface area contributed by atoms with Crippen LogP contribution >= 0.6 is 0 Å². The first kappa shape index (κ1) is 14.8. The molecule has 0 fully saturated rings. The summed E-state index contributed by atoms with van der Waals surface area (Å²) in [4.78, 5) is 14.3. The van der Waals surface area contributed by atoms with Gasteiger partial charge < -0.3 is 9.84 Å². The number of rotatable bonds is 4. The van der Waals surface area contributed by atoms with Crippen molar-refractivity contribution in [3.63, 3.8) is 0 Å². The van der Waals surface area contributed by atoms with Gasteiger partial charge in [0, 0.05) is 11.8 Å². The van der Waals surface area contributed by atoms with Crippen LogP contribution in [0.4, 0.5) is 13.2 Å². The summed E-state index contributed by atoms with van der Waals surface area (Å²) in [6.45, 7) is -0.00574. The molecule has 1 aromatic heterocycles. The Hall–Kier alpha value is -2.57. The monoisotopic (exact) mass is 297 g/mol. The van der Waals surface area contributed by atoms with Crippen LogP contribution in [0, 0.1) is 0 Å². The van der Waals surface area contributed by atoms with Gasteiger partial charge in [-0.05, 0) is 24.3 Å². The molecule has 110 valence electrons. The number of nitrogens with zero attached hydrogens (tertiary/aromatic N) is 1. The number of ether oxygens (including phenoxy) is 1. The number of pyridine rings is 1. The van der Waals surface area contributed by atoms with Crippen LogP contribution in [0.3, 0.4) is 0 Å². The van der Waals surface area contributed by atoms with Crippen LogP contribution in [0.15, 0.2) is 42.6 Å². The minimum Gasteiger partial charge on any atom is -0.489 e. The average Bonchev–Trinajstić information content (AvgIpc) is 2.45. The molecule has 2 aromatic rings. The molecule has 1 aromatic carbocycles. The van der Waals surface area contributed by atoms with Crippen molar-refractivity contribution in [1.82, 2.24) is 4.98 Å². The van der Waals surface area contributed by atoms with Crippen molar-refractivity contribution >= 4 is 5.97 Å². The van der Waals surface area contributed by atoms with Gasteiger partial charge in [-0.3, -0.25) is 0 Å². The molecule has 0 aliphatic heterocycles. The summed E-state index contributed by atoms with van der Waals surface area (Å²) in [5.74, 6) is -1.08. The standard InChI is InChI=1S/C14H10F3NO3/c15-14(16,17)10-2-1-3-11(6-10)21-8-9-4-5-12(13(19)20)18-7-9/h1-7H,8H2,(H,19,20). The van der Waals surface area contributed by atoms with Crippen LogP contribution in [0.1, 0.15) is 21.6 Å². The highest BCUT2D eigenvalue weighted by Gasteiger charge is 2.30. The maximum atomic E-state index is 12.5. The van der Waals surface area contributed by atoms with Crippen molar-refractivity contribution < 1.29 is 27.8 Å². The Morgan fingerprint density at radius 3 is 2.57 bits per heavy atom. The molecule has 0 amide bonds. The van der Waals surface area contributed by atoms with Gasteiger partial charge in [0.15, 0.2) is 0 Å². The zero-order valence-electron chi connectivity index (χ0n) is 10.6. The van der Waals surface area contributed by atoms with Crippen molar-refractivity contribution in [3.8, 4) is 5.75 Å². The van der Waals surface area contributed by atoms with E-state index in [1.54, 1.807) is 0 Å². The third kappa shape index (κ3) is 3.95. The average molecular weight is 297 g/mol. The van der Waals surface area contributed by atoms with E-state index in [-0.39, 0.29) is 18.1 Å². The fourth-order valence-electron chi connectivity index (χ4n) is 1.57. The lowest BCUT2D eigenvalue weighted by molar-refractivity contribution is -0.137. The third-order valence-corrected chi connectivity index (χ3v) is 2.61. The van der Waals surface area contributed by atoms with E-state index in [0.717, 1.165) is 12.1 Å². The second-order valence-electron chi connectivity index (χ2n) is 4.17. The van der Waals surface area contributed by atoms with Crippen molar-refractivity contribution in [2.75, 3.05) is 0 Å². The molecule has 0 unspecified atom stereocenters. The molecule has 0 saturated heterocycles. The smallest absolute Gasteiger partial charge is 0.416 e. The molecule has 2 rings (SSSR count). The van der Waals surface area contributed by atoms with Gasteiger partial charge >= 0.3 is 12.1 Å².